The fourth-order valence-corrected chi connectivity index (χ4v) is 2.70. The second kappa shape index (κ2) is 8.96. The quantitative estimate of drug-likeness (QED) is 0.588. The van der Waals surface area contributed by atoms with E-state index in [0.717, 1.165) is 11.1 Å². The Labute approximate surface area is 163 Å². The Kier molecular flexibility index (Phi) is 6.18. The molecule has 142 valence electrons. The van der Waals surface area contributed by atoms with Crippen LogP contribution in [0.5, 0.6) is 0 Å². The molecule has 2 aromatic carbocycles. The molecule has 1 heterocycles. The summed E-state index contributed by atoms with van der Waals surface area (Å²) in [5.74, 6) is 2.83. The molecule has 0 unspecified atom stereocenters. The maximum atomic E-state index is 13.0. The van der Waals surface area contributed by atoms with E-state index in [2.05, 4.69) is 16.1 Å². The number of terminal acetylenes is 1. The van der Waals surface area contributed by atoms with E-state index in [-0.39, 0.29) is 24.7 Å². The molecule has 0 aliphatic heterocycles. The summed E-state index contributed by atoms with van der Waals surface area (Å²) in [5, 5.41) is 3.89. The van der Waals surface area contributed by atoms with Crippen molar-refractivity contribution in [2.75, 3.05) is 6.54 Å². The fraction of sp³-hybridized carbons (Fsp3) is 0.227. The number of carbonyl (C=O) groups is 1. The molecule has 0 aliphatic rings. The average Bonchev–Trinajstić information content (AvgIpc) is 3.17. The van der Waals surface area contributed by atoms with E-state index in [1.807, 2.05) is 31.2 Å². The van der Waals surface area contributed by atoms with Crippen LogP contribution in [0.3, 0.4) is 0 Å². The maximum absolute atomic E-state index is 13.0. The molecule has 0 radical (unpaired) electrons. The molecule has 5 nitrogen and oxygen atoms in total. The van der Waals surface area contributed by atoms with Gasteiger partial charge in [-0.25, -0.2) is 4.39 Å². The second-order valence-electron chi connectivity index (χ2n) is 6.46. The summed E-state index contributed by atoms with van der Waals surface area (Å²) in [4.78, 5) is 18.5. The van der Waals surface area contributed by atoms with Gasteiger partial charge in [-0.1, -0.05) is 40.9 Å². The first-order valence-corrected chi connectivity index (χ1v) is 8.90. The lowest BCUT2D eigenvalue weighted by Crippen LogP contribution is -2.31. The summed E-state index contributed by atoms with van der Waals surface area (Å²) in [6.07, 6.45) is 5.93. The minimum Gasteiger partial charge on any atom is -0.339 e. The highest BCUT2D eigenvalue weighted by Gasteiger charge is 2.16. The van der Waals surface area contributed by atoms with Crippen LogP contribution in [0.2, 0.25) is 0 Å². The number of aromatic nitrogens is 2. The van der Waals surface area contributed by atoms with Crippen molar-refractivity contribution < 1.29 is 13.7 Å². The third-order valence-corrected chi connectivity index (χ3v) is 4.25. The third kappa shape index (κ3) is 5.04. The Balaban J connectivity index is 1.60. The molecular weight excluding hydrogens is 357 g/mol. The van der Waals surface area contributed by atoms with Crippen LogP contribution < -0.4 is 0 Å². The highest BCUT2D eigenvalue weighted by atomic mass is 19.1. The molecule has 3 rings (SSSR count). The van der Waals surface area contributed by atoms with Gasteiger partial charge in [-0.2, -0.15) is 4.98 Å². The zero-order valence-corrected chi connectivity index (χ0v) is 15.6. The third-order valence-electron chi connectivity index (χ3n) is 4.25. The molecule has 0 saturated heterocycles. The van der Waals surface area contributed by atoms with Crippen molar-refractivity contribution >= 4 is 5.91 Å². The Morgan fingerprint density at radius 1 is 1.18 bits per heavy atom. The summed E-state index contributed by atoms with van der Waals surface area (Å²) in [5.41, 5.74) is 2.83. The summed E-state index contributed by atoms with van der Waals surface area (Å²) < 4.78 is 18.2. The number of halogens is 1. The number of amides is 1. The zero-order chi connectivity index (χ0) is 19.9. The number of rotatable bonds is 7. The van der Waals surface area contributed by atoms with Gasteiger partial charge in [0.1, 0.15) is 5.82 Å². The number of hydrogen-bond acceptors (Lipinski definition) is 4. The summed E-state index contributed by atoms with van der Waals surface area (Å²) in [6.45, 7) is 2.70. The summed E-state index contributed by atoms with van der Waals surface area (Å²) >= 11 is 0. The molecule has 0 bridgehead atoms. The van der Waals surface area contributed by atoms with E-state index in [1.165, 1.54) is 12.1 Å². The largest absolute Gasteiger partial charge is 0.339 e. The van der Waals surface area contributed by atoms with Crippen LogP contribution in [0.4, 0.5) is 4.39 Å². The standard InChI is InChI=1S/C22H20FN3O2/c1-3-14-26(15-17-6-4-16(2)5-7-17)21(27)13-12-20-24-22(25-28-20)18-8-10-19(23)11-9-18/h1,4-11H,12-15H2,2H3. The Hall–Kier alpha value is -3.46. The molecule has 1 aromatic heterocycles. The lowest BCUT2D eigenvalue weighted by molar-refractivity contribution is -0.131. The first kappa shape index (κ1) is 19.3. The number of hydrogen-bond donors (Lipinski definition) is 0. The summed E-state index contributed by atoms with van der Waals surface area (Å²) in [7, 11) is 0. The van der Waals surface area contributed by atoms with Crippen LogP contribution in [0.1, 0.15) is 23.4 Å². The average molecular weight is 377 g/mol. The molecule has 0 aliphatic carbocycles. The van der Waals surface area contributed by atoms with E-state index in [0.29, 0.717) is 30.2 Å². The minimum atomic E-state index is -0.333. The van der Waals surface area contributed by atoms with Gasteiger partial charge in [-0.15, -0.1) is 6.42 Å². The number of carbonyl (C=O) groups excluding carboxylic acids is 1. The van der Waals surface area contributed by atoms with Crippen molar-refractivity contribution in [3.8, 4) is 23.7 Å². The molecule has 1 amide bonds. The number of benzene rings is 2. The SMILES string of the molecule is C#CCN(Cc1ccc(C)cc1)C(=O)CCc1nc(-c2ccc(F)cc2)no1. The number of nitrogens with zero attached hydrogens (tertiary/aromatic N) is 3. The second-order valence-corrected chi connectivity index (χ2v) is 6.46. The van der Waals surface area contributed by atoms with Crippen molar-refractivity contribution in [3.63, 3.8) is 0 Å². The molecule has 28 heavy (non-hydrogen) atoms. The predicted molar refractivity (Wildman–Crippen MR) is 103 cm³/mol. The molecular formula is C22H20FN3O2. The molecule has 0 fully saturated rings. The maximum Gasteiger partial charge on any atom is 0.227 e. The van der Waals surface area contributed by atoms with Gasteiger partial charge in [0.25, 0.3) is 0 Å². The molecule has 6 heteroatoms. The van der Waals surface area contributed by atoms with Crippen LogP contribution in [0, 0.1) is 25.1 Å². The highest BCUT2D eigenvalue weighted by Crippen LogP contribution is 2.17. The van der Waals surface area contributed by atoms with Gasteiger partial charge < -0.3 is 9.42 Å². The molecule has 0 spiro atoms. The van der Waals surface area contributed by atoms with Crippen LogP contribution in [-0.2, 0) is 17.8 Å². The van der Waals surface area contributed by atoms with Crippen molar-refractivity contribution in [2.45, 2.75) is 26.3 Å². The van der Waals surface area contributed by atoms with Gasteiger partial charge in [-0.3, -0.25) is 4.79 Å². The Bertz CT molecular complexity index is 972. The normalized spacial score (nSPS) is 10.5. The van der Waals surface area contributed by atoms with Crippen molar-refractivity contribution in [1.82, 2.24) is 15.0 Å². The lowest BCUT2D eigenvalue weighted by Gasteiger charge is -2.20. The van der Waals surface area contributed by atoms with Gasteiger partial charge in [0.2, 0.25) is 17.6 Å². The monoisotopic (exact) mass is 377 g/mol. The van der Waals surface area contributed by atoms with E-state index in [4.69, 9.17) is 10.9 Å². The Morgan fingerprint density at radius 2 is 1.89 bits per heavy atom. The molecule has 0 saturated carbocycles. The highest BCUT2D eigenvalue weighted by molar-refractivity contribution is 5.76. The van der Waals surface area contributed by atoms with E-state index in [1.54, 1.807) is 17.0 Å². The predicted octanol–water partition coefficient (Wildman–Crippen LogP) is 3.78. The Morgan fingerprint density at radius 3 is 2.57 bits per heavy atom. The number of aryl methyl sites for hydroxylation is 2. The van der Waals surface area contributed by atoms with E-state index in [9.17, 15) is 9.18 Å². The first-order valence-electron chi connectivity index (χ1n) is 8.90. The van der Waals surface area contributed by atoms with Gasteiger partial charge in [0, 0.05) is 24.9 Å². The van der Waals surface area contributed by atoms with E-state index >= 15 is 0 Å². The van der Waals surface area contributed by atoms with E-state index < -0.39 is 0 Å². The van der Waals surface area contributed by atoms with Crippen LogP contribution in [0.25, 0.3) is 11.4 Å². The van der Waals surface area contributed by atoms with Crippen molar-refractivity contribution in [2.24, 2.45) is 0 Å². The van der Waals surface area contributed by atoms with Crippen molar-refractivity contribution in [3.05, 3.63) is 71.4 Å². The van der Waals surface area contributed by atoms with Crippen molar-refractivity contribution in [1.29, 1.82) is 0 Å². The molecule has 0 atom stereocenters. The molecule has 0 N–H and O–H groups in total. The van der Waals surface area contributed by atoms with Gasteiger partial charge >= 0.3 is 0 Å². The fourth-order valence-electron chi connectivity index (χ4n) is 2.70. The summed E-state index contributed by atoms with van der Waals surface area (Å²) in [6, 6.07) is 13.8. The van der Waals surface area contributed by atoms with Gasteiger partial charge in [0.15, 0.2) is 0 Å². The van der Waals surface area contributed by atoms with Crippen LogP contribution in [0.15, 0.2) is 53.1 Å². The first-order chi connectivity index (χ1) is 13.5. The van der Waals surface area contributed by atoms with Crippen LogP contribution >= 0.6 is 0 Å². The smallest absolute Gasteiger partial charge is 0.227 e. The van der Waals surface area contributed by atoms with Gasteiger partial charge in [-0.05, 0) is 36.8 Å². The van der Waals surface area contributed by atoms with Gasteiger partial charge in [0.05, 0.1) is 6.54 Å². The molecule has 3 aromatic rings. The lowest BCUT2D eigenvalue weighted by atomic mass is 10.1. The minimum absolute atomic E-state index is 0.0833. The van der Waals surface area contributed by atoms with Crippen LogP contribution in [-0.4, -0.2) is 27.5 Å². The zero-order valence-electron chi connectivity index (χ0n) is 15.6. The topological polar surface area (TPSA) is 59.2 Å².